The third-order valence-electron chi connectivity index (χ3n) is 1.88. The van der Waals surface area contributed by atoms with Crippen LogP contribution in [0.1, 0.15) is 24.2 Å². The van der Waals surface area contributed by atoms with Gasteiger partial charge in [0.1, 0.15) is 0 Å². The van der Waals surface area contributed by atoms with E-state index in [1.807, 2.05) is 13.8 Å². The van der Waals surface area contributed by atoms with E-state index in [0.717, 1.165) is 0 Å². The van der Waals surface area contributed by atoms with Gasteiger partial charge in [0.2, 0.25) is 0 Å². The largest absolute Gasteiger partial charge is 0.350 e. The van der Waals surface area contributed by atoms with Gasteiger partial charge in [0, 0.05) is 21.6 Å². The van der Waals surface area contributed by atoms with Crippen LogP contribution in [-0.4, -0.2) is 18.0 Å². The number of nitrogens with one attached hydrogen (secondary N) is 1. The van der Waals surface area contributed by atoms with Crippen LogP contribution in [0.2, 0.25) is 5.02 Å². The van der Waals surface area contributed by atoms with E-state index < -0.39 is 5.54 Å². The van der Waals surface area contributed by atoms with E-state index >= 15 is 0 Å². The number of hydrogen-bond acceptors (Lipinski definition) is 2. The molecule has 88 valence electrons. The number of nitrogens with two attached hydrogens (primary N) is 1. The van der Waals surface area contributed by atoms with Crippen LogP contribution in [0.25, 0.3) is 0 Å². The van der Waals surface area contributed by atoms with Crippen molar-refractivity contribution in [2.45, 2.75) is 19.4 Å². The van der Waals surface area contributed by atoms with Crippen molar-refractivity contribution in [2.75, 3.05) is 6.54 Å². The summed E-state index contributed by atoms with van der Waals surface area (Å²) in [4.78, 5) is 11.8. The smallest absolute Gasteiger partial charge is 0.252 e. The summed E-state index contributed by atoms with van der Waals surface area (Å²) < 4.78 is 0.712. The van der Waals surface area contributed by atoms with Crippen LogP contribution >= 0.6 is 27.5 Å². The number of carbonyl (C=O) groups is 1. The van der Waals surface area contributed by atoms with Crippen molar-refractivity contribution in [2.24, 2.45) is 5.73 Å². The van der Waals surface area contributed by atoms with Crippen molar-refractivity contribution in [3.05, 3.63) is 33.3 Å². The van der Waals surface area contributed by atoms with E-state index in [1.165, 1.54) is 0 Å². The third-order valence-corrected chi connectivity index (χ3v) is 2.80. The lowest BCUT2D eigenvalue weighted by atomic mass is 10.1. The molecular formula is C11H14BrClN2O. The Morgan fingerprint density at radius 2 is 2.19 bits per heavy atom. The molecule has 0 radical (unpaired) electrons. The van der Waals surface area contributed by atoms with Crippen LogP contribution in [0, 0.1) is 0 Å². The molecule has 0 aliphatic rings. The molecule has 0 heterocycles. The lowest BCUT2D eigenvalue weighted by molar-refractivity contribution is 0.0945. The predicted octanol–water partition coefficient (Wildman–Crippen LogP) is 2.57. The molecule has 0 atom stereocenters. The van der Waals surface area contributed by atoms with Gasteiger partial charge in [0.05, 0.1) is 5.56 Å². The van der Waals surface area contributed by atoms with Crippen LogP contribution < -0.4 is 11.1 Å². The minimum Gasteiger partial charge on any atom is -0.350 e. The lowest BCUT2D eigenvalue weighted by Crippen LogP contribution is -2.45. The maximum atomic E-state index is 11.8. The number of halogens is 2. The third kappa shape index (κ3) is 4.12. The summed E-state index contributed by atoms with van der Waals surface area (Å²) >= 11 is 9.13. The molecule has 0 saturated heterocycles. The second-order valence-corrected chi connectivity index (χ2v) is 5.59. The van der Waals surface area contributed by atoms with Gasteiger partial charge in [0.15, 0.2) is 0 Å². The van der Waals surface area contributed by atoms with Gasteiger partial charge in [0.25, 0.3) is 5.91 Å². The molecular weight excluding hydrogens is 291 g/mol. The van der Waals surface area contributed by atoms with Crippen molar-refractivity contribution >= 4 is 33.4 Å². The first-order chi connectivity index (χ1) is 7.29. The fourth-order valence-electron chi connectivity index (χ4n) is 1.07. The molecule has 0 unspecified atom stereocenters. The van der Waals surface area contributed by atoms with Gasteiger partial charge < -0.3 is 11.1 Å². The molecule has 1 amide bonds. The average molecular weight is 306 g/mol. The fraction of sp³-hybridized carbons (Fsp3) is 0.364. The summed E-state index contributed by atoms with van der Waals surface area (Å²) in [5, 5.41) is 3.28. The predicted molar refractivity (Wildman–Crippen MR) is 69.8 cm³/mol. The highest BCUT2D eigenvalue weighted by Crippen LogP contribution is 2.21. The van der Waals surface area contributed by atoms with Crippen LogP contribution in [0.5, 0.6) is 0 Å². The first kappa shape index (κ1) is 13.5. The van der Waals surface area contributed by atoms with Crippen LogP contribution in [-0.2, 0) is 0 Å². The molecule has 3 nitrogen and oxygen atoms in total. The molecule has 1 rings (SSSR count). The molecule has 0 bridgehead atoms. The molecule has 16 heavy (non-hydrogen) atoms. The molecule has 0 aromatic heterocycles. The van der Waals surface area contributed by atoms with Crippen LogP contribution in [0.4, 0.5) is 0 Å². The number of amides is 1. The van der Waals surface area contributed by atoms with Gasteiger partial charge in [-0.15, -0.1) is 0 Å². The monoisotopic (exact) mass is 304 g/mol. The summed E-state index contributed by atoms with van der Waals surface area (Å²) in [6, 6.07) is 5.07. The zero-order valence-electron chi connectivity index (χ0n) is 9.18. The SMILES string of the molecule is CC(C)(N)CNC(=O)c1cc(Cl)ccc1Br. The highest BCUT2D eigenvalue weighted by Gasteiger charge is 2.15. The van der Waals surface area contributed by atoms with Gasteiger partial charge in [-0.1, -0.05) is 11.6 Å². The Morgan fingerprint density at radius 1 is 1.56 bits per heavy atom. The first-order valence-corrected chi connectivity index (χ1v) is 5.99. The maximum absolute atomic E-state index is 11.8. The second kappa shape index (κ2) is 5.17. The van der Waals surface area contributed by atoms with Crippen molar-refractivity contribution in [1.29, 1.82) is 0 Å². The number of carbonyl (C=O) groups excluding carboxylic acids is 1. The minimum absolute atomic E-state index is 0.187. The summed E-state index contributed by atoms with van der Waals surface area (Å²) in [5.41, 5.74) is 5.86. The van der Waals surface area contributed by atoms with Gasteiger partial charge in [-0.25, -0.2) is 0 Å². The first-order valence-electron chi connectivity index (χ1n) is 4.82. The Labute approximate surface area is 108 Å². The number of rotatable bonds is 3. The fourth-order valence-corrected chi connectivity index (χ4v) is 1.67. The topological polar surface area (TPSA) is 55.1 Å². The summed E-state index contributed by atoms with van der Waals surface area (Å²) in [6.07, 6.45) is 0. The normalized spacial score (nSPS) is 11.3. The Hall–Kier alpha value is -0.580. The van der Waals surface area contributed by atoms with Crippen molar-refractivity contribution in [1.82, 2.24) is 5.32 Å². The van der Waals surface area contributed by atoms with E-state index in [-0.39, 0.29) is 5.91 Å². The zero-order chi connectivity index (χ0) is 12.3. The lowest BCUT2D eigenvalue weighted by Gasteiger charge is -2.19. The summed E-state index contributed by atoms with van der Waals surface area (Å²) in [7, 11) is 0. The number of hydrogen-bond donors (Lipinski definition) is 2. The number of benzene rings is 1. The summed E-state index contributed by atoms with van der Waals surface area (Å²) in [6.45, 7) is 4.10. The Bertz CT molecular complexity index is 401. The van der Waals surface area contributed by atoms with Gasteiger partial charge >= 0.3 is 0 Å². The second-order valence-electron chi connectivity index (χ2n) is 4.30. The van der Waals surface area contributed by atoms with Crippen molar-refractivity contribution < 1.29 is 4.79 Å². The van der Waals surface area contributed by atoms with Crippen molar-refractivity contribution in [3.8, 4) is 0 Å². The zero-order valence-corrected chi connectivity index (χ0v) is 11.5. The molecule has 0 aliphatic carbocycles. The molecule has 3 N–H and O–H groups in total. The Morgan fingerprint density at radius 3 is 2.75 bits per heavy atom. The molecule has 5 heteroatoms. The highest BCUT2D eigenvalue weighted by molar-refractivity contribution is 9.10. The van der Waals surface area contributed by atoms with E-state index in [2.05, 4.69) is 21.2 Å². The molecule has 0 spiro atoms. The molecule has 0 fully saturated rings. The molecule has 0 saturated carbocycles. The van der Waals surface area contributed by atoms with E-state index in [9.17, 15) is 4.79 Å². The van der Waals surface area contributed by atoms with Gasteiger partial charge in [-0.3, -0.25) is 4.79 Å². The molecule has 1 aromatic rings. The quantitative estimate of drug-likeness (QED) is 0.902. The average Bonchev–Trinajstić information content (AvgIpc) is 2.17. The van der Waals surface area contributed by atoms with Crippen molar-refractivity contribution in [3.63, 3.8) is 0 Å². The van der Waals surface area contributed by atoms with E-state index in [0.29, 0.717) is 21.6 Å². The van der Waals surface area contributed by atoms with Crippen LogP contribution in [0.3, 0.4) is 0 Å². The highest BCUT2D eigenvalue weighted by atomic mass is 79.9. The van der Waals surface area contributed by atoms with E-state index in [1.54, 1.807) is 18.2 Å². The van der Waals surface area contributed by atoms with E-state index in [4.69, 9.17) is 17.3 Å². The standard InChI is InChI=1S/C11H14BrClN2O/c1-11(2,14)6-15-10(16)8-5-7(13)3-4-9(8)12/h3-5H,6,14H2,1-2H3,(H,15,16). The maximum Gasteiger partial charge on any atom is 0.252 e. The minimum atomic E-state index is -0.430. The molecule has 1 aromatic carbocycles. The Kier molecular flexibility index (Phi) is 4.35. The Balaban J connectivity index is 2.77. The van der Waals surface area contributed by atoms with Gasteiger partial charge in [-0.2, -0.15) is 0 Å². The van der Waals surface area contributed by atoms with Crippen LogP contribution in [0.15, 0.2) is 22.7 Å². The molecule has 0 aliphatic heterocycles. The summed E-state index contributed by atoms with van der Waals surface area (Å²) in [5.74, 6) is -0.187. The van der Waals surface area contributed by atoms with Gasteiger partial charge in [-0.05, 0) is 48.0 Å².